The van der Waals surface area contributed by atoms with E-state index in [0.29, 0.717) is 30.2 Å². The number of ether oxygens (including phenoxy) is 1. The Balaban J connectivity index is 1.66. The number of nitrogens with one attached hydrogen (secondary N) is 1. The van der Waals surface area contributed by atoms with Crippen LogP contribution < -0.4 is 15.0 Å². The van der Waals surface area contributed by atoms with Crippen molar-refractivity contribution < 1.29 is 22.7 Å². The molecular formula is C22H27N3O5S. The van der Waals surface area contributed by atoms with E-state index < -0.39 is 15.9 Å². The number of anilines is 2. The van der Waals surface area contributed by atoms with E-state index in [9.17, 15) is 18.0 Å². The number of rotatable bonds is 8. The highest BCUT2D eigenvalue weighted by atomic mass is 32.2. The summed E-state index contributed by atoms with van der Waals surface area (Å²) in [5, 5.41) is 2.78. The van der Waals surface area contributed by atoms with Gasteiger partial charge in [0.15, 0.2) is 0 Å². The Bertz CT molecular complexity index is 1030. The molecule has 0 radical (unpaired) electrons. The van der Waals surface area contributed by atoms with E-state index in [1.807, 2.05) is 0 Å². The molecule has 2 amide bonds. The highest BCUT2D eigenvalue weighted by molar-refractivity contribution is 7.89. The molecule has 1 heterocycles. The van der Waals surface area contributed by atoms with Crippen molar-refractivity contribution in [3.8, 4) is 5.75 Å². The van der Waals surface area contributed by atoms with Gasteiger partial charge < -0.3 is 15.0 Å². The third-order valence-electron chi connectivity index (χ3n) is 5.34. The number of carbonyl (C=O) groups excluding carboxylic acids is 2. The number of benzene rings is 2. The monoisotopic (exact) mass is 445 g/mol. The average molecular weight is 446 g/mol. The first-order valence-electron chi connectivity index (χ1n) is 10.2. The quantitative estimate of drug-likeness (QED) is 0.674. The maximum atomic E-state index is 12.7. The summed E-state index contributed by atoms with van der Waals surface area (Å²) in [7, 11) is -1.98. The van der Waals surface area contributed by atoms with E-state index in [4.69, 9.17) is 4.74 Å². The standard InChI is InChI=1S/C22H27N3O5S/c1-4-24(5-2)31(28,29)20-12-6-17(7-13-20)23-22(27)16-14-21(26)25(15-16)18-8-10-19(30-3)11-9-18/h6-13,16H,4-5,14-15H2,1-3H3,(H,23,27)/t16-/m0/s1. The fourth-order valence-corrected chi connectivity index (χ4v) is 5.02. The second-order valence-electron chi connectivity index (χ2n) is 7.21. The maximum Gasteiger partial charge on any atom is 0.243 e. The zero-order chi connectivity index (χ0) is 22.6. The van der Waals surface area contributed by atoms with Gasteiger partial charge in [-0.25, -0.2) is 8.42 Å². The second-order valence-corrected chi connectivity index (χ2v) is 9.14. The van der Waals surface area contributed by atoms with Crippen LogP contribution in [-0.2, 0) is 19.6 Å². The van der Waals surface area contributed by atoms with Crippen molar-refractivity contribution in [1.29, 1.82) is 0 Å². The van der Waals surface area contributed by atoms with Crippen molar-refractivity contribution in [2.45, 2.75) is 25.2 Å². The Hall–Kier alpha value is -2.91. The zero-order valence-corrected chi connectivity index (χ0v) is 18.7. The number of nitrogens with zero attached hydrogens (tertiary/aromatic N) is 2. The van der Waals surface area contributed by atoms with E-state index in [1.54, 1.807) is 62.3 Å². The summed E-state index contributed by atoms with van der Waals surface area (Å²) >= 11 is 0. The predicted molar refractivity (Wildman–Crippen MR) is 119 cm³/mol. The molecule has 31 heavy (non-hydrogen) atoms. The van der Waals surface area contributed by atoms with Gasteiger partial charge in [-0.05, 0) is 48.5 Å². The first-order chi connectivity index (χ1) is 14.8. The molecule has 1 N–H and O–H groups in total. The van der Waals surface area contributed by atoms with Crippen molar-refractivity contribution in [1.82, 2.24) is 4.31 Å². The first kappa shape index (κ1) is 22.8. The number of carbonyl (C=O) groups is 2. The SMILES string of the molecule is CCN(CC)S(=O)(=O)c1ccc(NC(=O)[C@H]2CC(=O)N(c3ccc(OC)cc3)C2)cc1. The van der Waals surface area contributed by atoms with Gasteiger partial charge in [-0.1, -0.05) is 13.8 Å². The summed E-state index contributed by atoms with van der Waals surface area (Å²) in [4.78, 5) is 26.9. The molecule has 0 aromatic heterocycles. The highest BCUT2D eigenvalue weighted by Crippen LogP contribution is 2.28. The molecule has 0 aliphatic carbocycles. The van der Waals surface area contributed by atoms with Gasteiger partial charge in [0.2, 0.25) is 21.8 Å². The van der Waals surface area contributed by atoms with Gasteiger partial charge in [0.1, 0.15) is 5.75 Å². The number of hydrogen-bond acceptors (Lipinski definition) is 5. The van der Waals surface area contributed by atoms with Crippen molar-refractivity contribution in [3.05, 3.63) is 48.5 Å². The summed E-state index contributed by atoms with van der Waals surface area (Å²) < 4.78 is 31.6. The Labute approximate surface area is 182 Å². The number of methoxy groups -OCH3 is 1. The smallest absolute Gasteiger partial charge is 0.243 e. The van der Waals surface area contributed by atoms with Crippen molar-refractivity contribution in [2.24, 2.45) is 5.92 Å². The molecule has 1 aliphatic rings. The molecular weight excluding hydrogens is 418 g/mol. The van der Waals surface area contributed by atoms with E-state index in [1.165, 1.54) is 16.4 Å². The molecule has 9 heteroatoms. The van der Waals surface area contributed by atoms with Gasteiger partial charge in [0, 0.05) is 37.4 Å². The van der Waals surface area contributed by atoms with Gasteiger partial charge in [0.05, 0.1) is 17.9 Å². The normalized spacial score (nSPS) is 16.6. The lowest BCUT2D eigenvalue weighted by atomic mass is 10.1. The van der Waals surface area contributed by atoms with Crippen LogP contribution in [0.5, 0.6) is 5.75 Å². The molecule has 0 saturated carbocycles. The zero-order valence-electron chi connectivity index (χ0n) is 17.9. The Kier molecular flexibility index (Phi) is 6.97. The fraction of sp³-hybridized carbons (Fsp3) is 0.364. The lowest BCUT2D eigenvalue weighted by molar-refractivity contribution is -0.122. The van der Waals surface area contributed by atoms with Crippen LogP contribution in [-0.4, -0.2) is 51.3 Å². The molecule has 0 bridgehead atoms. The molecule has 8 nitrogen and oxygen atoms in total. The Morgan fingerprint density at radius 3 is 2.26 bits per heavy atom. The molecule has 3 rings (SSSR count). The summed E-state index contributed by atoms with van der Waals surface area (Å²) in [5.74, 6) is -0.195. The van der Waals surface area contributed by atoms with E-state index >= 15 is 0 Å². The Morgan fingerprint density at radius 1 is 1.10 bits per heavy atom. The van der Waals surface area contributed by atoms with Crippen molar-refractivity contribution in [2.75, 3.05) is 37.0 Å². The third kappa shape index (κ3) is 4.88. The molecule has 166 valence electrons. The van der Waals surface area contributed by atoms with E-state index in [0.717, 1.165) is 0 Å². The number of hydrogen-bond donors (Lipinski definition) is 1. The van der Waals surface area contributed by atoms with Crippen LogP contribution in [0, 0.1) is 5.92 Å². The first-order valence-corrected chi connectivity index (χ1v) is 11.6. The molecule has 2 aromatic rings. The summed E-state index contributed by atoms with van der Waals surface area (Å²) in [6.45, 7) is 4.63. The fourth-order valence-electron chi connectivity index (χ4n) is 3.56. The number of sulfonamides is 1. The van der Waals surface area contributed by atoms with Crippen LogP contribution in [0.3, 0.4) is 0 Å². The van der Waals surface area contributed by atoms with E-state index in [-0.39, 0.29) is 29.7 Å². The molecule has 0 spiro atoms. The molecule has 1 fully saturated rings. The molecule has 1 aliphatic heterocycles. The maximum absolute atomic E-state index is 12.7. The Morgan fingerprint density at radius 2 is 1.71 bits per heavy atom. The van der Waals surface area contributed by atoms with E-state index in [2.05, 4.69) is 5.32 Å². The van der Waals surface area contributed by atoms with Crippen LogP contribution in [0.1, 0.15) is 20.3 Å². The summed E-state index contributed by atoms with van der Waals surface area (Å²) in [5.41, 5.74) is 1.20. The van der Waals surface area contributed by atoms with Gasteiger partial charge in [-0.3, -0.25) is 9.59 Å². The molecule has 2 aromatic carbocycles. The average Bonchev–Trinajstić information content (AvgIpc) is 3.16. The van der Waals surface area contributed by atoms with Crippen LogP contribution in [0.25, 0.3) is 0 Å². The molecule has 0 unspecified atom stereocenters. The minimum atomic E-state index is -3.55. The lowest BCUT2D eigenvalue weighted by Gasteiger charge is -2.19. The van der Waals surface area contributed by atoms with Crippen LogP contribution in [0.2, 0.25) is 0 Å². The van der Waals surface area contributed by atoms with Crippen LogP contribution in [0.4, 0.5) is 11.4 Å². The summed E-state index contributed by atoms with van der Waals surface area (Å²) in [6, 6.07) is 13.2. The number of amides is 2. The minimum Gasteiger partial charge on any atom is -0.497 e. The summed E-state index contributed by atoms with van der Waals surface area (Å²) in [6.07, 6.45) is 0.117. The highest BCUT2D eigenvalue weighted by Gasteiger charge is 2.35. The molecule has 1 saturated heterocycles. The van der Waals surface area contributed by atoms with Gasteiger partial charge in [-0.15, -0.1) is 0 Å². The third-order valence-corrected chi connectivity index (χ3v) is 7.41. The minimum absolute atomic E-state index is 0.117. The van der Waals surface area contributed by atoms with Crippen LogP contribution in [0.15, 0.2) is 53.4 Å². The van der Waals surface area contributed by atoms with Gasteiger partial charge in [-0.2, -0.15) is 4.31 Å². The van der Waals surface area contributed by atoms with Crippen molar-refractivity contribution >= 4 is 33.2 Å². The molecule has 1 atom stereocenters. The van der Waals surface area contributed by atoms with Gasteiger partial charge in [0.25, 0.3) is 0 Å². The largest absolute Gasteiger partial charge is 0.497 e. The van der Waals surface area contributed by atoms with Crippen molar-refractivity contribution in [3.63, 3.8) is 0 Å². The van der Waals surface area contributed by atoms with Gasteiger partial charge >= 0.3 is 0 Å². The predicted octanol–water partition coefficient (Wildman–Crippen LogP) is 2.72. The second kappa shape index (κ2) is 9.49. The topological polar surface area (TPSA) is 96.0 Å². The lowest BCUT2D eigenvalue weighted by Crippen LogP contribution is -2.30. The van der Waals surface area contributed by atoms with Crippen LogP contribution >= 0.6 is 0 Å².